The lowest BCUT2D eigenvalue weighted by atomic mass is 10.2. The summed E-state index contributed by atoms with van der Waals surface area (Å²) in [4.78, 5) is 23.4. The predicted octanol–water partition coefficient (Wildman–Crippen LogP) is 2.51. The summed E-state index contributed by atoms with van der Waals surface area (Å²) < 4.78 is 27.4. The maximum atomic E-state index is 12.9. The van der Waals surface area contributed by atoms with Gasteiger partial charge in [-0.15, -0.1) is 11.3 Å². The van der Waals surface area contributed by atoms with Gasteiger partial charge in [0.2, 0.25) is 10.0 Å². The number of sulfonamides is 1. The zero-order valence-corrected chi connectivity index (χ0v) is 18.4. The van der Waals surface area contributed by atoms with Crippen molar-refractivity contribution in [3.63, 3.8) is 0 Å². The van der Waals surface area contributed by atoms with Crippen LogP contribution in [0.15, 0.2) is 29.3 Å². The van der Waals surface area contributed by atoms with Crippen molar-refractivity contribution >= 4 is 33.1 Å². The van der Waals surface area contributed by atoms with E-state index in [9.17, 15) is 13.2 Å². The standard InChI is InChI=1S/C20H26N4O3S2/c1-15-13-18(16(2)28-15)29(26,27)24-11-9-23(10-12-24)20(25)17-5-6-19(21-14-17)22-7-3-4-8-22/h5-6,13-14H,3-4,7-12H2,1-2H3. The Kier molecular flexibility index (Phi) is 5.63. The quantitative estimate of drug-likeness (QED) is 0.739. The molecular formula is C20H26N4O3S2. The third kappa shape index (κ3) is 4.04. The van der Waals surface area contributed by atoms with Crippen molar-refractivity contribution in [2.24, 2.45) is 0 Å². The van der Waals surface area contributed by atoms with Gasteiger partial charge in [0.15, 0.2) is 0 Å². The van der Waals surface area contributed by atoms with E-state index < -0.39 is 10.0 Å². The van der Waals surface area contributed by atoms with Gasteiger partial charge in [0.25, 0.3) is 5.91 Å². The second-order valence-corrected chi connectivity index (χ2v) is 10.9. The lowest BCUT2D eigenvalue weighted by Gasteiger charge is -2.34. The number of rotatable bonds is 4. The summed E-state index contributed by atoms with van der Waals surface area (Å²) in [5.41, 5.74) is 0.550. The molecule has 0 N–H and O–H groups in total. The van der Waals surface area contributed by atoms with Crippen LogP contribution in [0.3, 0.4) is 0 Å². The van der Waals surface area contributed by atoms with Crippen LogP contribution in [-0.2, 0) is 10.0 Å². The number of pyridine rings is 1. The van der Waals surface area contributed by atoms with Crippen LogP contribution in [0.25, 0.3) is 0 Å². The highest BCUT2D eigenvalue weighted by Gasteiger charge is 2.32. The Labute approximate surface area is 176 Å². The largest absolute Gasteiger partial charge is 0.357 e. The second kappa shape index (κ2) is 8.04. The number of anilines is 1. The SMILES string of the molecule is Cc1cc(S(=O)(=O)N2CCN(C(=O)c3ccc(N4CCCC4)nc3)CC2)c(C)s1. The van der Waals surface area contributed by atoms with Crippen LogP contribution in [0.5, 0.6) is 0 Å². The van der Waals surface area contributed by atoms with Crippen molar-refractivity contribution in [3.8, 4) is 0 Å². The molecule has 0 radical (unpaired) electrons. The molecule has 0 aromatic carbocycles. The summed E-state index contributed by atoms with van der Waals surface area (Å²) in [5.74, 6) is 0.821. The Bertz CT molecular complexity index is 987. The predicted molar refractivity (Wildman–Crippen MR) is 114 cm³/mol. The van der Waals surface area contributed by atoms with Crippen LogP contribution < -0.4 is 4.90 Å². The topological polar surface area (TPSA) is 73.8 Å². The minimum atomic E-state index is -3.51. The number of hydrogen-bond acceptors (Lipinski definition) is 6. The van der Waals surface area contributed by atoms with Crippen molar-refractivity contribution in [1.29, 1.82) is 0 Å². The zero-order valence-electron chi connectivity index (χ0n) is 16.8. The molecule has 2 aliphatic heterocycles. The van der Waals surface area contributed by atoms with Gasteiger partial charge in [-0.2, -0.15) is 4.31 Å². The number of piperazine rings is 1. The average Bonchev–Trinajstić information content (AvgIpc) is 3.37. The lowest BCUT2D eigenvalue weighted by Crippen LogP contribution is -2.50. The van der Waals surface area contributed by atoms with Crippen molar-refractivity contribution in [2.75, 3.05) is 44.2 Å². The number of amides is 1. The molecule has 2 fully saturated rings. The number of nitrogens with zero attached hydrogens (tertiary/aromatic N) is 4. The van der Waals surface area contributed by atoms with E-state index in [0.717, 1.165) is 28.7 Å². The van der Waals surface area contributed by atoms with E-state index in [4.69, 9.17) is 0 Å². The first-order chi connectivity index (χ1) is 13.9. The number of thiophene rings is 1. The highest BCUT2D eigenvalue weighted by Crippen LogP contribution is 2.28. The summed E-state index contributed by atoms with van der Waals surface area (Å²) in [6.45, 7) is 7.16. The Morgan fingerprint density at radius 3 is 2.28 bits per heavy atom. The number of hydrogen-bond donors (Lipinski definition) is 0. The molecule has 0 saturated carbocycles. The van der Waals surface area contributed by atoms with Gasteiger partial charge in [-0.1, -0.05) is 0 Å². The van der Waals surface area contributed by atoms with E-state index in [-0.39, 0.29) is 5.91 Å². The molecule has 2 aliphatic rings. The van der Waals surface area contributed by atoms with Gasteiger partial charge in [0.05, 0.1) is 10.5 Å². The molecule has 29 heavy (non-hydrogen) atoms. The molecule has 0 spiro atoms. The molecule has 7 nitrogen and oxygen atoms in total. The Morgan fingerprint density at radius 2 is 1.72 bits per heavy atom. The molecule has 0 unspecified atom stereocenters. The highest BCUT2D eigenvalue weighted by atomic mass is 32.2. The second-order valence-electron chi connectivity index (χ2n) is 7.57. The number of carbonyl (C=O) groups is 1. The number of aryl methyl sites for hydroxylation is 2. The minimum Gasteiger partial charge on any atom is -0.357 e. The molecule has 1 amide bonds. The van der Waals surface area contributed by atoms with Crippen LogP contribution in [0.4, 0.5) is 5.82 Å². The first-order valence-electron chi connectivity index (χ1n) is 9.94. The highest BCUT2D eigenvalue weighted by molar-refractivity contribution is 7.89. The molecule has 156 valence electrons. The van der Waals surface area contributed by atoms with E-state index in [1.165, 1.54) is 28.5 Å². The van der Waals surface area contributed by atoms with Gasteiger partial charge < -0.3 is 9.80 Å². The Hall–Kier alpha value is -1.97. The van der Waals surface area contributed by atoms with Gasteiger partial charge in [0, 0.05) is 55.2 Å². The zero-order chi connectivity index (χ0) is 20.6. The van der Waals surface area contributed by atoms with Crippen molar-refractivity contribution in [3.05, 3.63) is 39.7 Å². The monoisotopic (exact) mass is 434 g/mol. The summed E-state index contributed by atoms with van der Waals surface area (Å²) in [6.07, 6.45) is 4.00. The third-order valence-electron chi connectivity index (χ3n) is 5.56. The van der Waals surface area contributed by atoms with Crippen LogP contribution in [0.1, 0.15) is 33.0 Å². The maximum absolute atomic E-state index is 12.9. The number of carbonyl (C=O) groups excluding carboxylic acids is 1. The molecule has 4 heterocycles. The van der Waals surface area contributed by atoms with Crippen LogP contribution in [0.2, 0.25) is 0 Å². The number of aromatic nitrogens is 1. The van der Waals surface area contributed by atoms with Gasteiger partial charge in [-0.25, -0.2) is 13.4 Å². The molecule has 2 saturated heterocycles. The van der Waals surface area contributed by atoms with Crippen molar-refractivity contribution in [1.82, 2.24) is 14.2 Å². The fraction of sp³-hybridized carbons (Fsp3) is 0.500. The average molecular weight is 435 g/mol. The molecule has 2 aromatic heterocycles. The summed E-state index contributed by atoms with van der Waals surface area (Å²) >= 11 is 1.49. The van der Waals surface area contributed by atoms with Gasteiger partial charge in [0.1, 0.15) is 5.82 Å². The van der Waals surface area contributed by atoms with Gasteiger partial charge in [-0.05, 0) is 44.9 Å². The molecular weight excluding hydrogens is 408 g/mol. The fourth-order valence-corrected chi connectivity index (χ4v) is 6.91. The molecule has 9 heteroatoms. The lowest BCUT2D eigenvalue weighted by molar-refractivity contribution is 0.0697. The fourth-order valence-electron chi connectivity index (χ4n) is 3.96. The third-order valence-corrected chi connectivity index (χ3v) is 8.68. The van der Waals surface area contributed by atoms with Crippen molar-refractivity contribution < 1.29 is 13.2 Å². The van der Waals surface area contributed by atoms with Crippen molar-refractivity contribution in [2.45, 2.75) is 31.6 Å². The van der Waals surface area contributed by atoms with E-state index in [2.05, 4.69) is 9.88 Å². The van der Waals surface area contributed by atoms with Crippen LogP contribution in [-0.4, -0.2) is 67.8 Å². The molecule has 4 rings (SSSR count). The van der Waals surface area contributed by atoms with E-state index in [0.29, 0.717) is 36.6 Å². The van der Waals surface area contributed by atoms with E-state index >= 15 is 0 Å². The molecule has 0 bridgehead atoms. The summed E-state index contributed by atoms with van der Waals surface area (Å²) in [7, 11) is -3.51. The Morgan fingerprint density at radius 1 is 1.03 bits per heavy atom. The summed E-state index contributed by atoms with van der Waals surface area (Å²) in [5, 5.41) is 0. The smallest absolute Gasteiger partial charge is 0.255 e. The first-order valence-corrected chi connectivity index (χ1v) is 12.2. The molecule has 0 aliphatic carbocycles. The van der Waals surface area contributed by atoms with Gasteiger partial charge >= 0.3 is 0 Å². The maximum Gasteiger partial charge on any atom is 0.255 e. The normalized spacial score (nSPS) is 18.4. The summed E-state index contributed by atoms with van der Waals surface area (Å²) in [6, 6.07) is 5.46. The minimum absolute atomic E-state index is 0.0925. The van der Waals surface area contributed by atoms with E-state index in [1.54, 1.807) is 17.2 Å². The van der Waals surface area contributed by atoms with Gasteiger partial charge in [-0.3, -0.25) is 4.79 Å². The van der Waals surface area contributed by atoms with Crippen LogP contribution in [0, 0.1) is 13.8 Å². The molecule has 2 aromatic rings. The van der Waals surface area contributed by atoms with Crippen LogP contribution >= 0.6 is 11.3 Å². The van der Waals surface area contributed by atoms with E-state index in [1.807, 2.05) is 26.0 Å². The first kappa shape index (κ1) is 20.3. The molecule has 0 atom stereocenters. The Balaban J connectivity index is 1.40.